The molecule has 0 spiro atoms. The zero-order valence-electron chi connectivity index (χ0n) is 15.0. The van der Waals surface area contributed by atoms with Crippen molar-refractivity contribution in [2.75, 3.05) is 39.4 Å². The minimum Gasteiger partial charge on any atom is -0.381 e. The number of hydrogen-bond donors (Lipinski definition) is 1. The van der Waals surface area contributed by atoms with Gasteiger partial charge in [-0.3, -0.25) is 4.79 Å². The van der Waals surface area contributed by atoms with Crippen molar-refractivity contribution in [2.45, 2.75) is 39.0 Å². The Balaban J connectivity index is 1.49. The van der Waals surface area contributed by atoms with Crippen molar-refractivity contribution in [3.05, 3.63) is 35.9 Å². The Labute approximate surface area is 146 Å². The summed E-state index contributed by atoms with van der Waals surface area (Å²) in [5.74, 6) is 1.03. The Morgan fingerprint density at radius 1 is 1.21 bits per heavy atom. The molecule has 0 aromatic heterocycles. The first-order chi connectivity index (χ1) is 11.8. The number of benzene rings is 1. The molecule has 4 nitrogen and oxygen atoms in total. The summed E-state index contributed by atoms with van der Waals surface area (Å²) < 4.78 is 5.66. The van der Waals surface area contributed by atoms with Gasteiger partial charge in [-0.2, -0.15) is 0 Å². The zero-order chi connectivity index (χ0) is 17.0. The lowest BCUT2D eigenvalue weighted by atomic mass is 9.96. The average molecular weight is 332 g/mol. The lowest BCUT2D eigenvalue weighted by Crippen LogP contribution is -2.40. The predicted molar refractivity (Wildman–Crippen MR) is 98.0 cm³/mol. The molecule has 1 aromatic rings. The van der Waals surface area contributed by atoms with Gasteiger partial charge in [0.15, 0.2) is 0 Å². The normalized spacial score (nSPS) is 15.6. The SMILES string of the molecule is CCNCC1CCN(C(=O)CCCOCCc2ccccc2)CC1. The summed E-state index contributed by atoms with van der Waals surface area (Å²) in [5.41, 5.74) is 1.30. The molecular weight excluding hydrogens is 300 g/mol. The summed E-state index contributed by atoms with van der Waals surface area (Å²) in [6, 6.07) is 10.4. The highest BCUT2D eigenvalue weighted by atomic mass is 16.5. The molecule has 1 aromatic carbocycles. The Morgan fingerprint density at radius 3 is 2.67 bits per heavy atom. The molecule has 1 fully saturated rings. The van der Waals surface area contributed by atoms with Gasteiger partial charge in [0.25, 0.3) is 0 Å². The van der Waals surface area contributed by atoms with Gasteiger partial charge in [0.2, 0.25) is 5.91 Å². The van der Waals surface area contributed by atoms with Crippen LogP contribution in [0.3, 0.4) is 0 Å². The smallest absolute Gasteiger partial charge is 0.222 e. The number of carbonyl (C=O) groups is 1. The molecule has 0 bridgehead atoms. The fraction of sp³-hybridized carbons (Fsp3) is 0.650. The van der Waals surface area contributed by atoms with Crippen molar-refractivity contribution in [3.63, 3.8) is 0 Å². The van der Waals surface area contributed by atoms with Gasteiger partial charge < -0.3 is 15.0 Å². The molecular formula is C20H32N2O2. The van der Waals surface area contributed by atoms with Crippen molar-refractivity contribution in [2.24, 2.45) is 5.92 Å². The lowest BCUT2D eigenvalue weighted by molar-refractivity contribution is -0.132. The molecule has 0 aliphatic carbocycles. The van der Waals surface area contributed by atoms with Gasteiger partial charge in [-0.15, -0.1) is 0 Å². The van der Waals surface area contributed by atoms with E-state index in [0.29, 0.717) is 18.9 Å². The van der Waals surface area contributed by atoms with E-state index >= 15 is 0 Å². The maximum atomic E-state index is 12.2. The first-order valence-electron chi connectivity index (χ1n) is 9.39. The maximum Gasteiger partial charge on any atom is 0.222 e. The van der Waals surface area contributed by atoms with E-state index in [-0.39, 0.29) is 0 Å². The molecule has 1 saturated heterocycles. The number of rotatable bonds is 10. The third-order valence-corrected chi connectivity index (χ3v) is 4.71. The number of piperidine rings is 1. The van der Waals surface area contributed by atoms with E-state index in [1.165, 1.54) is 5.56 Å². The largest absolute Gasteiger partial charge is 0.381 e. The quantitative estimate of drug-likeness (QED) is 0.670. The first kappa shape index (κ1) is 18.9. The van der Waals surface area contributed by atoms with Crippen LogP contribution in [0.5, 0.6) is 0 Å². The number of carbonyl (C=O) groups excluding carboxylic acids is 1. The number of likely N-dealkylation sites (tertiary alicyclic amines) is 1. The second-order valence-corrected chi connectivity index (χ2v) is 6.58. The van der Waals surface area contributed by atoms with Crippen molar-refractivity contribution in [3.8, 4) is 0 Å². The minimum absolute atomic E-state index is 0.295. The van der Waals surface area contributed by atoms with E-state index < -0.39 is 0 Å². The van der Waals surface area contributed by atoms with Crippen LogP contribution in [0.2, 0.25) is 0 Å². The molecule has 134 valence electrons. The molecule has 24 heavy (non-hydrogen) atoms. The van der Waals surface area contributed by atoms with E-state index in [0.717, 1.165) is 64.4 Å². The predicted octanol–water partition coefficient (Wildman–Crippen LogP) is 2.87. The molecule has 0 unspecified atom stereocenters. The van der Waals surface area contributed by atoms with Crippen LogP contribution in [-0.2, 0) is 16.0 Å². The number of nitrogens with zero attached hydrogens (tertiary/aromatic N) is 1. The maximum absolute atomic E-state index is 12.2. The molecule has 1 aliphatic heterocycles. The molecule has 1 amide bonds. The highest BCUT2D eigenvalue weighted by Crippen LogP contribution is 2.17. The molecule has 2 rings (SSSR count). The van der Waals surface area contributed by atoms with Crippen LogP contribution < -0.4 is 5.32 Å². The van der Waals surface area contributed by atoms with Gasteiger partial charge in [-0.1, -0.05) is 37.3 Å². The fourth-order valence-corrected chi connectivity index (χ4v) is 3.16. The summed E-state index contributed by atoms with van der Waals surface area (Å²) in [6.07, 6.45) is 4.64. The van der Waals surface area contributed by atoms with E-state index in [1.54, 1.807) is 0 Å². The van der Waals surface area contributed by atoms with Crippen molar-refractivity contribution in [1.82, 2.24) is 10.2 Å². The number of amides is 1. The Kier molecular flexibility index (Phi) is 8.85. The van der Waals surface area contributed by atoms with Gasteiger partial charge in [-0.25, -0.2) is 0 Å². The average Bonchev–Trinajstić information content (AvgIpc) is 2.64. The van der Waals surface area contributed by atoms with Gasteiger partial charge in [0.1, 0.15) is 0 Å². The Morgan fingerprint density at radius 2 is 1.96 bits per heavy atom. The molecule has 0 atom stereocenters. The lowest BCUT2D eigenvalue weighted by Gasteiger charge is -2.32. The van der Waals surface area contributed by atoms with Crippen LogP contribution in [0.1, 0.15) is 38.2 Å². The van der Waals surface area contributed by atoms with Crippen LogP contribution in [0, 0.1) is 5.92 Å². The monoisotopic (exact) mass is 332 g/mol. The van der Waals surface area contributed by atoms with E-state index in [9.17, 15) is 4.79 Å². The van der Waals surface area contributed by atoms with Crippen LogP contribution in [-0.4, -0.2) is 50.2 Å². The van der Waals surface area contributed by atoms with Gasteiger partial charge in [0, 0.05) is 26.1 Å². The van der Waals surface area contributed by atoms with Crippen LogP contribution in [0.15, 0.2) is 30.3 Å². The number of nitrogens with one attached hydrogen (secondary N) is 1. The highest BCUT2D eigenvalue weighted by Gasteiger charge is 2.21. The van der Waals surface area contributed by atoms with Crippen molar-refractivity contribution < 1.29 is 9.53 Å². The fourth-order valence-electron chi connectivity index (χ4n) is 3.16. The van der Waals surface area contributed by atoms with Crippen LogP contribution in [0.25, 0.3) is 0 Å². The second-order valence-electron chi connectivity index (χ2n) is 6.58. The van der Waals surface area contributed by atoms with Crippen LogP contribution in [0.4, 0.5) is 0 Å². The molecule has 1 heterocycles. The summed E-state index contributed by atoms with van der Waals surface area (Å²) >= 11 is 0. The Bertz CT molecular complexity index is 456. The zero-order valence-corrected chi connectivity index (χ0v) is 15.0. The molecule has 4 heteroatoms. The van der Waals surface area contributed by atoms with Crippen molar-refractivity contribution in [1.29, 1.82) is 0 Å². The van der Waals surface area contributed by atoms with Crippen LogP contribution >= 0.6 is 0 Å². The molecule has 0 saturated carbocycles. The Hall–Kier alpha value is -1.39. The van der Waals surface area contributed by atoms with Gasteiger partial charge in [0.05, 0.1) is 6.61 Å². The second kappa shape index (κ2) is 11.2. The summed E-state index contributed by atoms with van der Waals surface area (Å²) in [4.78, 5) is 14.3. The number of hydrogen-bond acceptors (Lipinski definition) is 3. The highest BCUT2D eigenvalue weighted by molar-refractivity contribution is 5.76. The molecule has 0 radical (unpaired) electrons. The first-order valence-corrected chi connectivity index (χ1v) is 9.39. The topological polar surface area (TPSA) is 41.6 Å². The summed E-state index contributed by atoms with van der Waals surface area (Å²) in [6.45, 7) is 7.51. The van der Waals surface area contributed by atoms with E-state index in [1.807, 2.05) is 11.0 Å². The van der Waals surface area contributed by atoms with E-state index in [4.69, 9.17) is 4.74 Å². The standard InChI is InChI=1S/C20H32N2O2/c1-2-21-17-19-10-13-22(14-11-19)20(23)9-6-15-24-16-12-18-7-4-3-5-8-18/h3-5,7-8,19,21H,2,6,9-17H2,1H3. The third-order valence-electron chi connectivity index (χ3n) is 4.71. The van der Waals surface area contributed by atoms with Gasteiger partial charge in [-0.05, 0) is 50.3 Å². The van der Waals surface area contributed by atoms with E-state index in [2.05, 4.69) is 36.5 Å². The summed E-state index contributed by atoms with van der Waals surface area (Å²) in [5, 5.41) is 3.41. The molecule has 1 aliphatic rings. The number of ether oxygens (including phenoxy) is 1. The third kappa shape index (κ3) is 7.02. The summed E-state index contributed by atoms with van der Waals surface area (Å²) in [7, 11) is 0. The minimum atomic E-state index is 0.295. The van der Waals surface area contributed by atoms with Crippen molar-refractivity contribution >= 4 is 5.91 Å². The molecule has 1 N–H and O–H groups in total. The van der Waals surface area contributed by atoms with Gasteiger partial charge >= 0.3 is 0 Å².